The molecule has 1 nitrogen and oxygen atoms in total. The first-order valence-electron chi connectivity index (χ1n) is 6.21. The fourth-order valence-corrected chi connectivity index (χ4v) is 4.27. The van der Waals surface area contributed by atoms with Crippen LogP contribution in [-0.4, -0.2) is 14.6 Å². The van der Waals surface area contributed by atoms with E-state index in [4.69, 9.17) is 5.73 Å². The van der Waals surface area contributed by atoms with Crippen LogP contribution in [0.5, 0.6) is 0 Å². The predicted molar refractivity (Wildman–Crippen MR) is 83.8 cm³/mol. The topological polar surface area (TPSA) is 26.0 Å². The zero-order chi connectivity index (χ0) is 13.1. The van der Waals surface area contributed by atoms with Gasteiger partial charge in [0.05, 0.1) is 8.07 Å². The van der Waals surface area contributed by atoms with E-state index in [9.17, 15) is 0 Å². The number of hydrogen-bond donors (Lipinski definition) is 1. The van der Waals surface area contributed by atoms with E-state index in [1.807, 2.05) is 11.3 Å². The minimum atomic E-state index is -1.13. The van der Waals surface area contributed by atoms with Gasteiger partial charge in [0.25, 0.3) is 0 Å². The molecule has 0 aromatic carbocycles. The summed E-state index contributed by atoms with van der Waals surface area (Å²) in [6, 6.07) is 4.54. The first kappa shape index (κ1) is 14.7. The highest BCUT2D eigenvalue weighted by Crippen LogP contribution is 2.20. The summed E-state index contributed by atoms with van der Waals surface area (Å²) in [5, 5.41) is 0. The van der Waals surface area contributed by atoms with E-state index in [0.29, 0.717) is 0 Å². The zero-order valence-electron chi connectivity index (χ0n) is 11.7. The standard InChI is InChI=1S/C14H25NSSi/c1-14(2,11-15)10-6-7-12-8-9-13(16-12)17(3,4)5/h6-9H,10-11,15H2,1-5H3/b7-6+. The van der Waals surface area contributed by atoms with Crippen molar-refractivity contribution < 1.29 is 0 Å². The minimum absolute atomic E-state index is 0.218. The van der Waals surface area contributed by atoms with Gasteiger partial charge in [-0.25, -0.2) is 0 Å². The summed E-state index contributed by atoms with van der Waals surface area (Å²) in [6.07, 6.45) is 5.54. The first-order chi connectivity index (χ1) is 7.74. The second-order valence-corrected chi connectivity index (χ2v) is 12.9. The van der Waals surface area contributed by atoms with Crippen molar-refractivity contribution in [1.82, 2.24) is 0 Å². The van der Waals surface area contributed by atoms with E-state index in [-0.39, 0.29) is 5.41 Å². The van der Waals surface area contributed by atoms with Crippen molar-refractivity contribution >= 4 is 30.0 Å². The molecule has 1 rings (SSSR count). The van der Waals surface area contributed by atoms with E-state index in [1.165, 1.54) is 4.88 Å². The molecule has 1 heterocycles. The maximum absolute atomic E-state index is 5.72. The van der Waals surface area contributed by atoms with Crippen molar-refractivity contribution in [2.75, 3.05) is 6.54 Å². The van der Waals surface area contributed by atoms with Crippen LogP contribution < -0.4 is 10.2 Å². The van der Waals surface area contributed by atoms with Crippen molar-refractivity contribution in [1.29, 1.82) is 0 Å². The third kappa shape index (κ3) is 4.78. The molecular weight excluding hydrogens is 242 g/mol. The highest BCUT2D eigenvalue weighted by Gasteiger charge is 2.18. The third-order valence-corrected chi connectivity index (χ3v) is 7.52. The number of hydrogen-bond acceptors (Lipinski definition) is 2. The van der Waals surface area contributed by atoms with Crippen LogP contribution in [0.15, 0.2) is 18.2 Å². The molecule has 0 aliphatic rings. The molecule has 1 aromatic rings. The van der Waals surface area contributed by atoms with Crippen molar-refractivity contribution in [3.63, 3.8) is 0 Å². The van der Waals surface area contributed by atoms with Crippen LogP contribution in [-0.2, 0) is 0 Å². The maximum atomic E-state index is 5.72. The van der Waals surface area contributed by atoms with E-state index >= 15 is 0 Å². The van der Waals surface area contributed by atoms with E-state index < -0.39 is 8.07 Å². The molecule has 0 saturated heterocycles. The summed E-state index contributed by atoms with van der Waals surface area (Å²) < 4.78 is 1.58. The largest absolute Gasteiger partial charge is 0.330 e. The lowest BCUT2D eigenvalue weighted by atomic mass is 9.89. The van der Waals surface area contributed by atoms with Gasteiger partial charge in [-0.1, -0.05) is 45.6 Å². The Morgan fingerprint density at radius 1 is 1.29 bits per heavy atom. The Bertz CT molecular complexity index is 385. The van der Waals surface area contributed by atoms with Crippen LogP contribution in [0.4, 0.5) is 0 Å². The summed E-state index contributed by atoms with van der Waals surface area (Å²) in [6.45, 7) is 12.3. The molecule has 2 N–H and O–H groups in total. The van der Waals surface area contributed by atoms with Crippen molar-refractivity contribution in [3.8, 4) is 0 Å². The second-order valence-electron chi connectivity index (χ2n) is 6.43. The van der Waals surface area contributed by atoms with Crippen LogP contribution in [0.2, 0.25) is 19.6 Å². The summed E-state index contributed by atoms with van der Waals surface area (Å²) in [5.41, 5.74) is 5.94. The van der Waals surface area contributed by atoms with Gasteiger partial charge in [-0.15, -0.1) is 11.3 Å². The molecule has 0 spiro atoms. The highest BCUT2D eigenvalue weighted by atomic mass is 32.1. The van der Waals surface area contributed by atoms with Gasteiger partial charge in [0, 0.05) is 4.88 Å². The van der Waals surface area contributed by atoms with Gasteiger partial charge in [0.2, 0.25) is 0 Å². The molecule has 0 atom stereocenters. The van der Waals surface area contributed by atoms with Gasteiger partial charge in [0.1, 0.15) is 0 Å². The van der Waals surface area contributed by atoms with Crippen LogP contribution >= 0.6 is 11.3 Å². The number of thiophene rings is 1. The van der Waals surface area contributed by atoms with E-state index in [2.05, 4.69) is 57.8 Å². The molecule has 96 valence electrons. The van der Waals surface area contributed by atoms with Gasteiger partial charge in [-0.05, 0) is 35.0 Å². The fraction of sp³-hybridized carbons (Fsp3) is 0.571. The SMILES string of the molecule is CC(C)(CN)C/C=C/c1ccc([Si](C)(C)C)s1. The van der Waals surface area contributed by atoms with Crippen molar-refractivity contribution in [2.45, 2.75) is 39.9 Å². The lowest BCUT2D eigenvalue weighted by Gasteiger charge is -2.19. The van der Waals surface area contributed by atoms with Gasteiger partial charge in [-0.3, -0.25) is 0 Å². The Kier molecular flexibility index (Phi) is 4.75. The Hall–Kier alpha value is -0.383. The fourth-order valence-electron chi connectivity index (χ4n) is 1.42. The Balaban J connectivity index is 2.64. The molecule has 0 saturated carbocycles. The second kappa shape index (κ2) is 5.51. The molecule has 1 aromatic heterocycles. The molecule has 0 bridgehead atoms. The Morgan fingerprint density at radius 3 is 2.41 bits per heavy atom. The highest BCUT2D eigenvalue weighted by molar-refractivity contribution is 7.27. The smallest absolute Gasteiger partial charge is 0.0904 e. The van der Waals surface area contributed by atoms with Crippen LogP contribution in [0.25, 0.3) is 6.08 Å². The van der Waals surface area contributed by atoms with Crippen LogP contribution in [0.3, 0.4) is 0 Å². The minimum Gasteiger partial charge on any atom is -0.330 e. The number of rotatable bonds is 5. The summed E-state index contributed by atoms with van der Waals surface area (Å²) in [7, 11) is -1.13. The molecular formula is C14H25NSSi. The molecule has 0 radical (unpaired) electrons. The van der Waals surface area contributed by atoms with Crippen LogP contribution in [0.1, 0.15) is 25.1 Å². The molecule has 0 aliphatic heterocycles. The molecule has 0 amide bonds. The monoisotopic (exact) mass is 267 g/mol. The number of nitrogens with two attached hydrogens (primary N) is 1. The van der Waals surface area contributed by atoms with E-state index in [1.54, 1.807) is 4.50 Å². The summed E-state index contributed by atoms with van der Waals surface area (Å²) in [4.78, 5) is 1.37. The molecule has 0 unspecified atom stereocenters. The quantitative estimate of drug-likeness (QED) is 0.809. The van der Waals surface area contributed by atoms with Crippen molar-refractivity contribution in [3.05, 3.63) is 23.1 Å². The average molecular weight is 268 g/mol. The third-order valence-electron chi connectivity index (χ3n) is 2.87. The Morgan fingerprint density at radius 2 is 1.94 bits per heavy atom. The normalized spacial score (nSPS) is 13.5. The molecule has 0 fully saturated rings. The lowest BCUT2D eigenvalue weighted by Crippen LogP contribution is -2.34. The summed E-state index contributed by atoms with van der Waals surface area (Å²) >= 11 is 1.94. The summed E-state index contributed by atoms with van der Waals surface area (Å²) in [5.74, 6) is 0. The van der Waals surface area contributed by atoms with Gasteiger partial charge in [-0.2, -0.15) is 0 Å². The van der Waals surface area contributed by atoms with Gasteiger partial charge < -0.3 is 5.73 Å². The van der Waals surface area contributed by atoms with Crippen LogP contribution in [0, 0.1) is 5.41 Å². The van der Waals surface area contributed by atoms with E-state index in [0.717, 1.165) is 13.0 Å². The van der Waals surface area contributed by atoms with Gasteiger partial charge in [0.15, 0.2) is 0 Å². The zero-order valence-corrected chi connectivity index (χ0v) is 13.5. The number of allylic oxidation sites excluding steroid dienone is 1. The molecule has 17 heavy (non-hydrogen) atoms. The van der Waals surface area contributed by atoms with Gasteiger partial charge >= 0.3 is 0 Å². The van der Waals surface area contributed by atoms with Crippen molar-refractivity contribution in [2.24, 2.45) is 11.1 Å². The molecule has 3 heteroatoms. The maximum Gasteiger partial charge on any atom is 0.0904 e. The lowest BCUT2D eigenvalue weighted by molar-refractivity contribution is 0.385. The Labute approximate surface area is 111 Å². The first-order valence-corrected chi connectivity index (χ1v) is 10.5. The molecule has 0 aliphatic carbocycles. The average Bonchev–Trinajstić information content (AvgIpc) is 2.66. The predicted octanol–water partition coefficient (Wildman–Crippen LogP) is 3.68.